The van der Waals surface area contributed by atoms with Crippen LogP contribution < -0.4 is 0 Å². The molecule has 0 spiro atoms. The molecule has 0 aliphatic carbocycles. The van der Waals surface area contributed by atoms with Gasteiger partial charge in [0.2, 0.25) is 0 Å². The van der Waals surface area contributed by atoms with Crippen molar-refractivity contribution in [2.45, 2.75) is 19.9 Å². The van der Waals surface area contributed by atoms with Crippen LogP contribution in [0, 0.1) is 6.92 Å². The number of aromatic nitrogens is 1. The summed E-state index contributed by atoms with van der Waals surface area (Å²) in [5, 5.41) is 3.45. The van der Waals surface area contributed by atoms with Gasteiger partial charge in [-0.15, -0.1) is 11.3 Å². The zero-order valence-corrected chi connectivity index (χ0v) is 14.0. The minimum atomic E-state index is -0.0850. The smallest absolute Gasteiger partial charge is 0.289 e. The summed E-state index contributed by atoms with van der Waals surface area (Å²) < 4.78 is 5.22. The molecule has 0 aromatic carbocycles. The van der Waals surface area contributed by atoms with E-state index < -0.39 is 0 Å². The van der Waals surface area contributed by atoms with Crippen LogP contribution in [0.3, 0.4) is 0 Å². The Hall–Kier alpha value is -1.37. The molecule has 0 radical (unpaired) electrons. The van der Waals surface area contributed by atoms with E-state index in [2.05, 4.69) is 15.3 Å². The van der Waals surface area contributed by atoms with Crippen LogP contribution >= 0.6 is 22.9 Å². The van der Waals surface area contributed by atoms with E-state index in [4.69, 9.17) is 16.0 Å². The molecule has 0 N–H and O–H groups in total. The van der Waals surface area contributed by atoms with Crippen molar-refractivity contribution >= 4 is 28.8 Å². The quantitative estimate of drug-likeness (QED) is 0.862. The summed E-state index contributed by atoms with van der Waals surface area (Å²) >= 11 is 7.42. The molecule has 3 rings (SSSR count). The molecule has 1 aliphatic rings. The fraction of sp³-hybridized carbons (Fsp3) is 0.467. The first-order valence-electron chi connectivity index (χ1n) is 7.30. The predicted molar refractivity (Wildman–Crippen MR) is 86.4 cm³/mol. The van der Waals surface area contributed by atoms with Crippen LogP contribution in [0.25, 0.3) is 0 Å². The highest BCUT2D eigenvalue weighted by molar-refractivity contribution is 7.09. The summed E-state index contributed by atoms with van der Waals surface area (Å²) in [6.45, 7) is 6.12. The fourth-order valence-corrected chi connectivity index (χ4v) is 3.38. The lowest BCUT2D eigenvalue weighted by Gasteiger charge is -2.20. The molecule has 2 aromatic heterocycles. The Kier molecular flexibility index (Phi) is 4.81. The number of rotatable bonds is 3. The van der Waals surface area contributed by atoms with Crippen LogP contribution in [-0.4, -0.2) is 46.9 Å². The third kappa shape index (κ3) is 3.69. The Morgan fingerprint density at radius 1 is 1.36 bits per heavy atom. The molecular weight excluding hydrogens is 322 g/mol. The molecule has 0 bridgehead atoms. The van der Waals surface area contributed by atoms with Crippen molar-refractivity contribution in [3.05, 3.63) is 39.2 Å². The van der Waals surface area contributed by atoms with Crippen molar-refractivity contribution in [1.82, 2.24) is 14.8 Å². The third-order valence-corrected chi connectivity index (χ3v) is 4.74. The first-order chi connectivity index (χ1) is 10.6. The molecule has 1 aliphatic heterocycles. The minimum Gasteiger partial charge on any atom is -0.440 e. The van der Waals surface area contributed by atoms with E-state index in [1.54, 1.807) is 23.5 Å². The first kappa shape index (κ1) is 15.5. The van der Waals surface area contributed by atoms with E-state index >= 15 is 0 Å². The Labute approximate surface area is 138 Å². The summed E-state index contributed by atoms with van der Waals surface area (Å²) in [4.78, 5) is 21.1. The first-order valence-corrected chi connectivity index (χ1v) is 8.55. The normalized spacial score (nSPS) is 16.7. The van der Waals surface area contributed by atoms with Crippen LogP contribution in [-0.2, 0) is 6.54 Å². The highest BCUT2D eigenvalue weighted by atomic mass is 35.5. The Morgan fingerprint density at radius 3 is 2.91 bits per heavy atom. The highest BCUT2D eigenvalue weighted by Crippen LogP contribution is 2.17. The number of aryl methyl sites for hydroxylation is 1. The summed E-state index contributed by atoms with van der Waals surface area (Å²) in [5.41, 5.74) is 1.11. The number of furan rings is 1. The SMILES string of the molecule is Cc1nc(CN2CCCN(C(=O)c3ccc(Cl)o3)CC2)cs1. The van der Waals surface area contributed by atoms with Crippen LogP contribution in [0.2, 0.25) is 5.22 Å². The lowest BCUT2D eigenvalue weighted by molar-refractivity contribution is 0.0729. The molecule has 1 amide bonds. The van der Waals surface area contributed by atoms with Crippen molar-refractivity contribution in [3.63, 3.8) is 0 Å². The Bertz CT molecular complexity index is 655. The number of halogens is 1. The monoisotopic (exact) mass is 339 g/mol. The second-order valence-corrected chi connectivity index (χ2v) is 6.82. The number of thiazole rings is 1. The van der Waals surface area contributed by atoms with Gasteiger partial charge in [0.05, 0.1) is 10.7 Å². The topological polar surface area (TPSA) is 49.6 Å². The Balaban J connectivity index is 1.58. The van der Waals surface area contributed by atoms with E-state index in [-0.39, 0.29) is 11.1 Å². The van der Waals surface area contributed by atoms with Gasteiger partial charge < -0.3 is 9.32 Å². The van der Waals surface area contributed by atoms with Crippen molar-refractivity contribution in [2.75, 3.05) is 26.2 Å². The van der Waals surface area contributed by atoms with E-state index in [9.17, 15) is 4.79 Å². The third-order valence-electron chi connectivity index (χ3n) is 3.71. The van der Waals surface area contributed by atoms with Crippen molar-refractivity contribution in [3.8, 4) is 0 Å². The molecule has 1 fully saturated rings. The maximum Gasteiger partial charge on any atom is 0.289 e. The molecule has 1 saturated heterocycles. The molecule has 22 heavy (non-hydrogen) atoms. The van der Waals surface area contributed by atoms with Gasteiger partial charge >= 0.3 is 0 Å². The summed E-state index contributed by atoms with van der Waals surface area (Å²) in [6, 6.07) is 3.23. The lowest BCUT2D eigenvalue weighted by Crippen LogP contribution is -2.34. The molecule has 118 valence electrons. The second-order valence-electron chi connectivity index (χ2n) is 5.38. The number of carbonyl (C=O) groups excluding carboxylic acids is 1. The molecule has 7 heteroatoms. The summed E-state index contributed by atoms with van der Waals surface area (Å²) in [6.07, 6.45) is 0.948. The number of amides is 1. The number of hydrogen-bond acceptors (Lipinski definition) is 5. The van der Waals surface area contributed by atoms with E-state index in [0.717, 1.165) is 43.3 Å². The zero-order valence-electron chi connectivity index (χ0n) is 12.4. The maximum absolute atomic E-state index is 12.4. The maximum atomic E-state index is 12.4. The average molecular weight is 340 g/mol. The Morgan fingerprint density at radius 2 is 2.23 bits per heavy atom. The zero-order chi connectivity index (χ0) is 15.5. The largest absolute Gasteiger partial charge is 0.440 e. The van der Waals surface area contributed by atoms with Crippen LogP contribution in [0.4, 0.5) is 0 Å². The number of carbonyl (C=O) groups is 1. The second kappa shape index (κ2) is 6.81. The predicted octanol–water partition coefficient (Wildman–Crippen LogP) is 3.05. The van der Waals surface area contributed by atoms with Gasteiger partial charge in [-0.3, -0.25) is 9.69 Å². The number of hydrogen-bond donors (Lipinski definition) is 0. The van der Waals surface area contributed by atoms with Gasteiger partial charge in [0.1, 0.15) is 0 Å². The lowest BCUT2D eigenvalue weighted by atomic mass is 10.3. The summed E-state index contributed by atoms with van der Waals surface area (Å²) in [5.74, 6) is 0.229. The van der Waals surface area contributed by atoms with Crippen molar-refractivity contribution in [1.29, 1.82) is 0 Å². The summed E-state index contributed by atoms with van der Waals surface area (Å²) in [7, 11) is 0. The minimum absolute atomic E-state index is 0.0850. The van der Waals surface area contributed by atoms with Gasteiger partial charge in [-0.1, -0.05) is 0 Å². The average Bonchev–Trinajstić information content (AvgIpc) is 3.02. The van der Waals surface area contributed by atoms with E-state index in [0.29, 0.717) is 12.3 Å². The van der Waals surface area contributed by atoms with Gasteiger partial charge in [0.25, 0.3) is 5.91 Å². The van der Waals surface area contributed by atoms with Gasteiger partial charge in [0, 0.05) is 38.1 Å². The van der Waals surface area contributed by atoms with Gasteiger partial charge in [-0.25, -0.2) is 4.98 Å². The van der Waals surface area contributed by atoms with Crippen molar-refractivity contribution < 1.29 is 9.21 Å². The van der Waals surface area contributed by atoms with Gasteiger partial charge in [-0.2, -0.15) is 0 Å². The van der Waals surface area contributed by atoms with Gasteiger partial charge in [-0.05, 0) is 37.1 Å². The van der Waals surface area contributed by atoms with Crippen molar-refractivity contribution in [2.24, 2.45) is 0 Å². The molecular formula is C15H18ClN3O2S. The molecule has 0 unspecified atom stereocenters. The van der Waals surface area contributed by atoms with Gasteiger partial charge in [0.15, 0.2) is 11.0 Å². The molecule has 3 heterocycles. The highest BCUT2D eigenvalue weighted by Gasteiger charge is 2.22. The standard InChI is InChI=1S/C15H18ClN3O2S/c1-11-17-12(10-22-11)9-18-5-2-6-19(8-7-18)15(20)13-3-4-14(16)21-13/h3-4,10H,2,5-9H2,1H3. The number of nitrogens with zero attached hydrogens (tertiary/aromatic N) is 3. The molecule has 5 nitrogen and oxygen atoms in total. The van der Waals surface area contributed by atoms with E-state index in [1.165, 1.54) is 0 Å². The fourth-order valence-electron chi connectivity index (χ4n) is 2.63. The molecule has 0 saturated carbocycles. The van der Waals surface area contributed by atoms with E-state index in [1.807, 2.05) is 11.8 Å². The van der Waals surface area contributed by atoms with Crippen LogP contribution in [0.5, 0.6) is 0 Å². The molecule has 2 aromatic rings. The van der Waals surface area contributed by atoms with Crippen LogP contribution in [0.15, 0.2) is 21.9 Å². The molecule has 0 atom stereocenters. The van der Waals surface area contributed by atoms with Crippen LogP contribution in [0.1, 0.15) is 27.7 Å².